The quantitative estimate of drug-likeness (QED) is 0.522. The van der Waals surface area contributed by atoms with Gasteiger partial charge in [0, 0.05) is 36.7 Å². The summed E-state index contributed by atoms with van der Waals surface area (Å²) in [7, 11) is -3.59. The molecule has 4 rings (SSSR count). The Morgan fingerprint density at radius 2 is 1.53 bits per heavy atom. The molecular formula is C23H21BrN2O3S. The van der Waals surface area contributed by atoms with Crippen molar-refractivity contribution in [2.75, 3.05) is 26.2 Å². The van der Waals surface area contributed by atoms with Crippen LogP contribution >= 0.6 is 15.9 Å². The summed E-state index contributed by atoms with van der Waals surface area (Å²) in [4.78, 5) is 14.6. The fourth-order valence-corrected chi connectivity index (χ4v) is 5.99. The highest BCUT2D eigenvalue weighted by atomic mass is 79.9. The molecule has 1 fully saturated rings. The molecule has 5 nitrogen and oxygen atoms in total. The number of carbonyl (C=O) groups is 1. The molecule has 1 saturated heterocycles. The number of nitrogens with zero attached hydrogens (tertiary/aromatic N) is 2. The smallest absolute Gasteiger partial charge is 0.246 e. The van der Waals surface area contributed by atoms with Gasteiger partial charge in [-0.2, -0.15) is 4.31 Å². The molecule has 0 aromatic heterocycles. The number of halogens is 1. The van der Waals surface area contributed by atoms with Crippen LogP contribution in [-0.2, 0) is 14.8 Å². The van der Waals surface area contributed by atoms with E-state index in [-0.39, 0.29) is 23.9 Å². The summed E-state index contributed by atoms with van der Waals surface area (Å²) in [5.41, 5.74) is 0.983. The van der Waals surface area contributed by atoms with Crippen LogP contribution in [0.15, 0.2) is 82.2 Å². The zero-order valence-corrected chi connectivity index (χ0v) is 18.6. The second kappa shape index (κ2) is 8.71. The number of benzene rings is 3. The lowest BCUT2D eigenvalue weighted by atomic mass is 10.0. The predicted molar refractivity (Wildman–Crippen MR) is 122 cm³/mol. The molecule has 0 bridgehead atoms. The largest absolute Gasteiger partial charge is 0.337 e. The van der Waals surface area contributed by atoms with Crippen LogP contribution in [0.3, 0.4) is 0 Å². The van der Waals surface area contributed by atoms with Gasteiger partial charge in [-0.05, 0) is 50.5 Å². The third kappa shape index (κ3) is 4.19. The van der Waals surface area contributed by atoms with Crippen LogP contribution in [0, 0.1) is 0 Å². The van der Waals surface area contributed by atoms with Gasteiger partial charge < -0.3 is 4.90 Å². The van der Waals surface area contributed by atoms with E-state index in [1.54, 1.807) is 35.2 Å². The van der Waals surface area contributed by atoms with E-state index >= 15 is 0 Å². The molecule has 0 N–H and O–H groups in total. The van der Waals surface area contributed by atoms with Crippen molar-refractivity contribution in [3.8, 4) is 0 Å². The van der Waals surface area contributed by atoms with E-state index in [0.717, 1.165) is 16.3 Å². The minimum absolute atomic E-state index is 0.110. The maximum absolute atomic E-state index is 12.9. The molecular weight excluding hydrogens is 464 g/mol. The van der Waals surface area contributed by atoms with Crippen LogP contribution in [0.5, 0.6) is 0 Å². The molecule has 154 valence electrons. The Kier molecular flexibility index (Phi) is 6.04. The van der Waals surface area contributed by atoms with Crippen molar-refractivity contribution < 1.29 is 13.2 Å². The topological polar surface area (TPSA) is 57.7 Å². The Morgan fingerprint density at radius 3 is 2.30 bits per heavy atom. The summed E-state index contributed by atoms with van der Waals surface area (Å²) >= 11 is 3.31. The SMILES string of the molecule is O=C(/C=C/c1cccc2ccccc12)N1CCN(S(=O)(=O)c2ccccc2Br)CC1. The first-order chi connectivity index (χ1) is 14.5. The van der Waals surface area contributed by atoms with Crippen LogP contribution in [0.1, 0.15) is 5.56 Å². The Morgan fingerprint density at radius 1 is 0.867 bits per heavy atom. The summed E-state index contributed by atoms with van der Waals surface area (Å²) in [6.07, 6.45) is 3.40. The van der Waals surface area contributed by atoms with E-state index < -0.39 is 10.0 Å². The van der Waals surface area contributed by atoms with Gasteiger partial charge in [0.1, 0.15) is 0 Å². The molecule has 0 spiro atoms. The van der Waals surface area contributed by atoms with Gasteiger partial charge in [-0.25, -0.2) is 8.42 Å². The molecule has 1 aliphatic rings. The van der Waals surface area contributed by atoms with E-state index in [2.05, 4.69) is 15.9 Å². The molecule has 3 aromatic rings. The Balaban J connectivity index is 1.43. The second-order valence-electron chi connectivity index (χ2n) is 7.06. The maximum Gasteiger partial charge on any atom is 0.246 e. The highest BCUT2D eigenvalue weighted by Gasteiger charge is 2.30. The van der Waals surface area contributed by atoms with Gasteiger partial charge in [0.05, 0.1) is 4.90 Å². The van der Waals surface area contributed by atoms with Crippen molar-refractivity contribution in [2.45, 2.75) is 4.90 Å². The average Bonchev–Trinajstić information content (AvgIpc) is 2.77. The summed E-state index contributed by atoms with van der Waals surface area (Å²) in [6, 6.07) is 20.8. The summed E-state index contributed by atoms with van der Waals surface area (Å²) < 4.78 is 27.8. The highest BCUT2D eigenvalue weighted by molar-refractivity contribution is 9.10. The summed E-state index contributed by atoms with van der Waals surface area (Å²) in [5.74, 6) is -0.110. The van der Waals surface area contributed by atoms with E-state index in [1.807, 2.05) is 48.5 Å². The molecule has 7 heteroatoms. The number of carbonyl (C=O) groups excluding carboxylic acids is 1. The molecule has 1 amide bonds. The number of amides is 1. The van der Waals surface area contributed by atoms with Gasteiger partial charge in [-0.3, -0.25) is 4.79 Å². The number of piperazine rings is 1. The van der Waals surface area contributed by atoms with E-state index in [1.165, 1.54) is 4.31 Å². The summed E-state index contributed by atoms with van der Waals surface area (Å²) in [6.45, 7) is 1.28. The van der Waals surface area contributed by atoms with Gasteiger partial charge in [-0.1, -0.05) is 54.6 Å². The van der Waals surface area contributed by atoms with E-state index in [4.69, 9.17) is 0 Å². The second-order valence-corrected chi connectivity index (χ2v) is 9.82. The molecule has 1 aliphatic heterocycles. The van der Waals surface area contributed by atoms with Gasteiger partial charge in [0.25, 0.3) is 0 Å². The van der Waals surface area contributed by atoms with Crippen LogP contribution < -0.4 is 0 Å². The standard InChI is InChI=1S/C23H21BrN2O3S/c24-21-10-3-4-11-22(21)30(28,29)26-16-14-25(15-17-26)23(27)13-12-19-8-5-7-18-6-1-2-9-20(18)19/h1-13H,14-17H2/b13-12+. The van der Waals surface area contributed by atoms with Gasteiger partial charge in [0.15, 0.2) is 0 Å². The van der Waals surface area contributed by atoms with Gasteiger partial charge in [-0.15, -0.1) is 0 Å². The first kappa shape index (κ1) is 20.8. The van der Waals surface area contributed by atoms with Crippen LogP contribution in [0.2, 0.25) is 0 Å². The molecule has 1 heterocycles. The minimum atomic E-state index is -3.59. The van der Waals surface area contributed by atoms with Crippen molar-refractivity contribution in [3.63, 3.8) is 0 Å². The van der Waals surface area contributed by atoms with Crippen LogP contribution in [-0.4, -0.2) is 49.7 Å². The molecule has 0 aliphatic carbocycles. The molecule has 0 unspecified atom stereocenters. The maximum atomic E-state index is 12.9. The zero-order chi connectivity index (χ0) is 21.1. The third-order valence-electron chi connectivity index (χ3n) is 5.23. The predicted octanol–water partition coefficient (Wildman–Crippen LogP) is 4.15. The van der Waals surface area contributed by atoms with E-state index in [9.17, 15) is 13.2 Å². The molecule has 0 saturated carbocycles. The number of rotatable bonds is 4. The van der Waals surface area contributed by atoms with Crippen molar-refractivity contribution >= 4 is 48.7 Å². The molecule has 3 aromatic carbocycles. The first-order valence-electron chi connectivity index (χ1n) is 9.66. The Hall–Kier alpha value is -2.48. The monoisotopic (exact) mass is 484 g/mol. The fraction of sp³-hybridized carbons (Fsp3) is 0.174. The van der Waals surface area contributed by atoms with Gasteiger partial charge in [0.2, 0.25) is 15.9 Å². The zero-order valence-electron chi connectivity index (χ0n) is 16.2. The average molecular weight is 485 g/mol. The van der Waals surface area contributed by atoms with Crippen molar-refractivity contribution in [1.29, 1.82) is 0 Å². The van der Waals surface area contributed by atoms with Gasteiger partial charge >= 0.3 is 0 Å². The number of hydrogen-bond donors (Lipinski definition) is 0. The number of hydrogen-bond acceptors (Lipinski definition) is 3. The van der Waals surface area contributed by atoms with Crippen LogP contribution in [0.25, 0.3) is 16.8 Å². The lowest BCUT2D eigenvalue weighted by Gasteiger charge is -2.33. The first-order valence-corrected chi connectivity index (χ1v) is 11.9. The third-order valence-corrected chi connectivity index (χ3v) is 8.14. The van der Waals surface area contributed by atoms with Crippen molar-refractivity contribution in [1.82, 2.24) is 9.21 Å². The Bertz CT molecular complexity index is 1210. The minimum Gasteiger partial charge on any atom is -0.337 e. The fourth-order valence-electron chi connectivity index (χ4n) is 3.60. The molecule has 0 radical (unpaired) electrons. The van der Waals surface area contributed by atoms with E-state index in [0.29, 0.717) is 17.6 Å². The van der Waals surface area contributed by atoms with Crippen molar-refractivity contribution in [2.24, 2.45) is 0 Å². The van der Waals surface area contributed by atoms with Crippen molar-refractivity contribution in [3.05, 3.63) is 82.8 Å². The molecule has 0 atom stereocenters. The Labute approximate surface area is 184 Å². The number of sulfonamides is 1. The molecule has 30 heavy (non-hydrogen) atoms. The van der Waals surface area contributed by atoms with Crippen LogP contribution in [0.4, 0.5) is 0 Å². The summed E-state index contributed by atoms with van der Waals surface area (Å²) in [5, 5.41) is 2.21. The normalized spacial score (nSPS) is 15.7. The lowest BCUT2D eigenvalue weighted by molar-refractivity contribution is -0.127. The highest BCUT2D eigenvalue weighted by Crippen LogP contribution is 2.25. The lowest BCUT2D eigenvalue weighted by Crippen LogP contribution is -2.50. The number of fused-ring (bicyclic) bond motifs is 1.